The van der Waals surface area contributed by atoms with E-state index >= 15 is 0 Å². The number of aliphatic hydroxyl groups is 2. The van der Waals surface area contributed by atoms with Crippen molar-refractivity contribution in [3.05, 3.63) is 60.7 Å². The predicted octanol–water partition coefficient (Wildman–Crippen LogP) is 4.93. The molecule has 3 aromatic rings. The molecule has 0 aliphatic heterocycles. The van der Waals surface area contributed by atoms with E-state index in [-0.39, 0.29) is 13.2 Å². The van der Waals surface area contributed by atoms with Crippen LogP contribution in [0.15, 0.2) is 60.7 Å². The molecule has 3 rings (SSSR count). The third-order valence-electron chi connectivity index (χ3n) is 4.68. The molecule has 2 N–H and O–H groups in total. The molecule has 0 aromatic heterocycles. The lowest BCUT2D eigenvalue weighted by Crippen LogP contribution is -2.16. The van der Waals surface area contributed by atoms with Crippen molar-refractivity contribution in [1.29, 1.82) is 0 Å². The summed E-state index contributed by atoms with van der Waals surface area (Å²) in [6.45, 7) is 4.28. The van der Waals surface area contributed by atoms with Crippen molar-refractivity contribution in [2.24, 2.45) is 0 Å². The van der Waals surface area contributed by atoms with Crippen LogP contribution < -0.4 is 14.2 Å². The topological polar surface area (TPSA) is 68.2 Å². The molecule has 0 aliphatic carbocycles. The summed E-state index contributed by atoms with van der Waals surface area (Å²) in [4.78, 5) is 0. The van der Waals surface area contributed by atoms with Gasteiger partial charge in [0, 0.05) is 5.39 Å². The Labute approximate surface area is 171 Å². The van der Waals surface area contributed by atoms with Crippen LogP contribution in [0.1, 0.15) is 26.7 Å². The molecule has 0 fully saturated rings. The van der Waals surface area contributed by atoms with Crippen LogP contribution in [-0.2, 0) is 0 Å². The maximum Gasteiger partial charge on any atom is 0.177 e. The molecule has 29 heavy (non-hydrogen) atoms. The lowest BCUT2D eigenvalue weighted by molar-refractivity contribution is 0.103. The Balaban J connectivity index is 1.93. The zero-order chi connectivity index (χ0) is 20.6. The van der Waals surface area contributed by atoms with Crippen molar-refractivity contribution in [1.82, 2.24) is 0 Å². The summed E-state index contributed by atoms with van der Waals surface area (Å²) in [5, 5.41) is 21.4. The minimum Gasteiger partial charge on any atom is -0.491 e. The maximum atomic E-state index is 9.87. The molecule has 154 valence electrons. The first-order valence-electron chi connectivity index (χ1n) is 10.0. The molecule has 0 heterocycles. The minimum atomic E-state index is -0.531. The van der Waals surface area contributed by atoms with Gasteiger partial charge in [-0.05, 0) is 54.6 Å². The Kier molecular flexibility index (Phi) is 7.33. The summed E-state index contributed by atoms with van der Waals surface area (Å²) in [5.74, 6) is 2.55. The molecule has 2 unspecified atom stereocenters. The molecule has 5 heteroatoms. The second-order valence-corrected chi connectivity index (χ2v) is 6.94. The first kappa shape index (κ1) is 21.0. The third-order valence-corrected chi connectivity index (χ3v) is 4.68. The van der Waals surface area contributed by atoms with Crippen LogP contribution in [0, 0.1) is 0 Å². The number of hydrogen-bond acceptors (Lipinski definition) is 5. The Morgan fingerprint density at radius 1 is 0.759 bits per heavy atom. The number of rotatable bonds is 10. The first-order valence-corrected chi connectivity index (χ1v) is 10.0. The number of aliphatic hydroxyl groups excluding tert-OH is 2. The van der Waals surface area contributed by atoms with E-state index in [0.29, 0.717) is 35.8 Å². The lowest BCUT2D eigenvalue weighted by atomic mass is 10.1. The molecule has 0 saturated carbocycles. The van der Waals surface area contributed by atoms with Gasteiger partial charge in [0.2, 0.25) is 0 Å². The summed E-state index contributed by atoms with van der Waals surface area (Å²) in [6, 6.07) is 19.0. The highest BCUT2D eigenvalue weighted by Gasteiger charge is 2.14. The number of fused-ring (bicyclic) bond motifs is 1. The fourth-order valence-corrected chi connectivity index (χ4v) is 2.79. The number of benzene rings is 3. The van der Waals surface area contributed by atoms with Crippen molar-refractivity contribution in [2.45, 2.75) is 38.9 Å². The average Bonchev–Trinajstić information content (AvgIpc) is 2.77. The lowest BCUT2D eigenvalue weighted by Gasteiger charge is -2.17. The van der Waals surface area contributed by atoms with Gasteiger partial charge in [-0.1, -0.05) is 38.1 Å². The van der Waals surface area contributed by atoms with Gasteiger partial charge in [0.25, 0.3) is 0 Å². The van der Waals surface area contributed by atoms with Crippen molar-refractivity contribution < 1.29 is 24.4 Å². The molecule has 0 aliphatic rings. The normalized spacial score (nSPS) is 13.1. The van der Waals surface area contributed by atoms with Gasteiger partial charge in [-0.25, -0.2) is 0 Å². The molecule has 5 nitrogen and oxygen atoms in total. The summed E-state index contributed by atoms with van der Waals surface area (Å²) < 4.78 is 17.7. The van der Waals surface area contributed by atoms with Gasteiger partial charge in [-0.3, -0.25) is 0 Å². The smallest absolute Gasteiger partial charge is 0.177 e. The molecule has 0 amide bonds. The van der Waals surface area contributed by atoms with Crippen molar-refractivity contribution >= 4 is 10.8 Å². The number of ether oxygens (including phenoxy) is 3. The van der Waals surface area contributed by atoms with Crippen LogP contribution in [0.5, 0.6) is 23.0 Å². The van der Waals surface area contributed by atoms with E-state index in [2.05, 4.69) is 0 Å². The van der Waals surface area contributed by atoms with Gasteiger partial charge in [0.15, 0.2) is 11.5 Å². The highest BCUT2D eigenvalue weighted by atomic mass is 16.5. The van der Waals surface area contributed by atoms with Gasteiger partial charge in [0.05, 0.1) is 12.2 Å². The summed E-state index contributed by atoms with van der Waals surface area (Å²) in [6.07, 6.45) is 0.249. The van der Waals surface area contributed by atoms with E-state index in [1.807, 2.05) is 74.5 Å². The zero-order valence-corrected chi connectivity index (χ0v) is 16.9. The fourth-order valence-electron chi connectivity index (χ4n) is 2.79. The Morgan fingerprint density at radius 2 is 1.45 bits per heavy atom. The van der Waals surface area contributed by atoms with Crippen LogP contribution in [-0.4, -0.2) is 35.6 Å². The summed E-state index contributed by atoms with van der Waals surface area (Å²) >= 11 is 0. The van der Waals surface area contributed by atoms with E-state index in [9.17, 15) is 10.2 Å². The van der Waals surface area contributed by atoms with Crippen LogP contribution in [0.3, 0.4) is 0 Å². The SMILES string of the molecule is CCC(O)COc1ccc2c(Oc3ccccc3)c(OCC(O)CC)ccc2c1. The third kappa shape index (κ3) is 5.62. The average molecular weight is 396 g/mol. The Hall–Kier alpha value is -2.76. The van der Waals surface area contributed by atoms with E-state index < -0.39 is 12.2 Å². The van der Waals surface area contributed by atoms with E-state index in [1.165, 1.54) is 0 Å². The largest absolute Gasteiger partial charge is 0.491 e. The number of para-hydroxylation sites is 1. The molecule has 3 aromatic carbocycles. The second kappa shape index (κ2) is 10.1. The van der Waals surface area contributed by atoms with Gasteiger partial charge < -0.3 is 24.4 Å². The summed E-state index contributed by atoms with van der Waals surface area (Å²) in [5.41, 5.74) is 0. The molecule has 0 saturated heterocycles. The van der Waals surface area contributed by atoms with Gasteiger partial charge in [-0.15, -0.1) is 0 Å². The maximum absolute atomic E-state index is 9.87. The second-order valence-electron chi connectivity index (χ2n) is 6.94. The molecule has 0 spiro atoms. The van der Waals surface area contributed by atoms with E-state index in [4.69, 9.17) is 14.2 Å². The monoisotopic (exact) mass is 396 g/mol. The molecule has 0 bridgehead atoms. The van der Waals surface area contributed by atoms with Gasteiger partial charge >= 0.3 is 0 Å². The van der Waals surface area contributed by atoms with E-state index in [0.717, 1.165) is 10.8 Å². The molecule has 2 atom stereocenters. The van der Waals surface area contributed by atoms with Crippen LogP contribution >= 0.6 is 0 Å². The highest BCUT2D eigenvalue weighted by molar-refractivity contribution is 5.92. The van der Waals surface area contributed by atoms with Crippen molar-refractivity contribution in [3.8, 4) is 23.0 Å². The number of hydrogen-bond donors (Lipinski definition) is 2. The highest BCUT2D eigenvalue weighted by Crippen LogP contribution is 2.40. The molecular weight excluding hydrogens is 368 g/mol. The standard InChI is InChI=1S/C24H28O5/c1-3-18(25)15-27-21-11-12-22-17(14-21)10-13-23(28-16-19(26)4-2)24(22)29-20-8-6-5-7-9-20/h5-14,18-19,25-26H,3-4,15-16H2,1-2H3. The van der Waals surface area contributed by atoms with Crippen LogP contribution in [0.4, 0.5) is 0 Å². The van der Waals surface area contributed by atoms with Gasteiger partial charge in [-0.2, -0.15) is 0 Å². The minimum absolute atomic E-state index is 0.198. The molecule has 0 radical (unpaired) electrons. The zero-order valence-electron chi connectivity index (χ0n) is 16.9. The van der Waals surface area contributed by atoms with Crippen molar-refractivity contribution in [3.63, 3.8) is 0 Å². The van der Waals surface area contributed by atoms with Gasteiger partial charge in [0.1, 0.15) is 24.7 Å². The fraction of sp³-hybridized carbons (Fsp3) is 0.333. The molecular formula is C24H28O5. The van der Waals surface area contributed by atoms with Crippen LogP contribution in [0.25, 0.3) is 10.8 Å². The predicted molar refractivity (Wildman–Crippen MR) is 114 cm³/mol. The first-order chi connectivity index (χ1) is 14.1. The van der Waals surface area contributed by atoms with Crippen LogP contribution in [0.2, 0.25) is 0 Å². The summed E-state index contributed by atoms with van der Waals surface area (Å²) in [7, 11) is 0. The Morgan fingerprint density at radius 3 is 2.14 bits per heavy atom. The quantitative estimate of drug-likeness (QED) is 0.508. The van der Waals surface area contributed by atoms with Crippen molar-refractivity contribution in [2.75, 3.05) is 13.2 Å². The van der Waals surface area contributed by atoms with E-state index in [1.54, 1.807) is 0 Å². The Bertz CT molecular complexity index is 910.